The third kappa shape index (κ3) is 6.82. The second-order valence-electron chi connectivity index (χ2n) is 8.12. The smallest absolute Gasteiger partial charge is 0.243 e. The molecule has 1 amide bonds. The molecule has 1 atom stereocenters. The molecule has 0 aromatic heterocycles. The molecule has 1 aliphatic carbocycles. The van der Waals surface area contributed by atoms with Crippen molar-refractivity contribution in [2.75, 3.05) is 19.6 Å². The number of hydrogen-bond donors (Lipinski definition) is 1. The number of rotatable bonds is 5. The molecule has 1 aromatic rings. The van der Waals surface area contributed by atoms with Crippen molar-refractivity contribution in [1.82, 2.24) is 9.62 Å². The van der Waals surface area contributed by atoms with E-state index in [4.69, 9.17) is 0 Å². The van der Waals surface area contributed by atoms with E-state index in [9.17, 15) is 13.2 Å². The Kier molecular flexibility index (Phi) is 10.3. The highest BCUT2D eigenvalue weighted by molar-refractivity contribution is 7.89. The third-order valence-electron chi connectivity index (χ3n) is 5.92. The van der Waals surface area contributed by atoms with Crippen LogP contribution >= 0.6 is 0 Å². The van der Waals surface area contributed by atoms with Crippen molar-refractivity contribution in [3.8, 4) is 0 Å². The predicted molar refractivity (Wildman–Crippen MR) is 120 cm³/mol. The number of nitrogens with zero attached hydrogens (tertiary/aromatic N) is 1. The molecule has 1 aliphatic heterocycles. The second-order valence-corrected chi connectivity index (χ2v) is 10.1. The van der Waals surface area contributed by atoms with E-state index in [2.05, 4.69) is 5.32 Å². The monoisotopic (exact) mass is 424 g/mol. The molecular formula is C23H40N2O3S. The van der Waals surface area contributed by atoms with E-state index in [-0.39, 0.29) is 32.6 Å². The van der Waals surface area contributed by atoms with Crippen molar-refractivity contribution in [2.24, 2.45) is 11.8 Å². The van der Waals surface area contributed by atoms with E-state index >= 15 is 0 Å². The Labute approximate surface area is 178 Å². The zero-order valence-electron chi connectivity index (χ0n) is 16.3. The molecule has 2 fully saturated rings. The van der Waals surface area contributed by atoms with Crippen LogP contribution in [0.4, 0.5) is 0 Å². The lowest BCUT2D eigenvalue weighted by Crippen LogP contribution is -2.36. The fourth-order valence-electron chi connectivity index (χ4n) is 4.21. The minimum Gasteiger partial charge on any atom is -0.356 e. The van der Waals surface area contributed by atoms with Crippen LogP contribution in [0.15, 0.2) is 29.2 Å². The van der Waals surface area contributed by atoms with Gasteiger partial charge in [-0.15, -0.1) is 0 Å². The quantitative estimate of drug-likeness (QED) is 0.741. The molecule has 1 N–H and O–H groups in total. The summed E-state index contributed by atoms with van der Waals surface area (Å²) >= 11 is 0. The lowest BCUT2D eigenvalue weighted by molar-refractivity contribution is -0.125. The molecule has 6 heteroatoms. The van der Waals surface area contributed by atoms with E-state index in [0.29, 0.717) is 24.5 Å². The zero-order valence-corrected chi connectivity index (χ0v) is 17.1. The SMILES string of the molecule is C.C.Cc1cccc(S(=O)(=O)N2CCC(CNC(=O)C3CCCCCCC3)C2)c1. The first-order valence-electron chi connectivity index (χ1n) is 10.3. The van der Waals surface area contributed by atoms with Gasteiger partial charge in [0.15, 0.2) is 0 Å². The largest absolute Gasteiger partial charge is 0.356 e. The van der Waals surface area contributed by atoms with E-state index in [1.807, 2.05) is 13.0 Å². The van der Waals surface area contributed by atoms with E-state index in [1.54, 1.807) is 22.5 Å². The lowest BCUT2D eigenvalue weighted by Gasteiger charge is -2.21. The van der Waals surface area contributed by atoms with Crippen LogP contribution in [0, 0.1) is 18.8 Å². The Morgan fingerprint density at radius 1 is 1.07 bits per heavy atom. The van der Waals surface area contributed by atoms with Crippen LogP contribution in [0.5, 0.6) is 0 Å². The van der Waals surface area contributed by atoms with Crippen molar-refractivity contribution in [1.29, 1.82) is 0 Å². The Bertz CT molecular complexity index is 740. The maximum atomic E-state index is 12.8. The van der Waals surface area contributed by atoms with Gasteiger partial charge in [0.1, 0.15) is 0 Å². The van der Waals surface area contributed by atoms with Crippen LogP contribution in [-0.4, -0.2) is 38.3 Å². The summed E-state index contributed by atoms with van der Waals surface area (Å²) in [4.78, 5) is 12.9. The average Bonchev–Trinajstić information content (AvgIpc) is 3.09. The van der Waals surface area contributed by atoms with Gasteiger partial charge in [0.05, 0.1) is 4.90 Å². The second kappa shape index (κ2) is 11.7. The van der Waals surface area contributed by atoms with Gasteiger partial charge in [-0.1, -0.05) is 59.1 Å². The van der Waals surface area contributed by atoms with Crippen LogP contribution in [0.1, 0.15) is 71.8 Å². The summed E-state index contributed by atoms with van der Waals surface area (Å²) in [5, 5.41) is 3.10. The summed E-state index contributed by atoms with van der Waals surface area (Å²) in [6.45, 7) is 3.49. The van der Waals surface area contributed by atoms with Gasteiger partial charge in [0.25, 0.3) is 0 Å². The first kappa shape index (κ1) is 25.6. The van der Waals surface area contributed by atoms with Crippen molar-refractivity contribution in [3.05, 3.63) is 29.8 Å². The molecule has 1 saturated carbocycles. The van der Waals surface area contributed by atoms with Crippen LogP contribution in [0.3, 0.4) is 0 Å². The van der Waals surface area contributed by atoms with Crippen molar-refractivity contribution >= 4 is 15.9 Å². The van der Waals surface area contributed by atoms with Crippen LogP contribution in [0.25, 0.3) is 0 Å². The maximum absolute atomic E-state index is 12.8. The fraction of sp³-hybridized carbons (Fsp3) is 0.696. The highest BCUT2D eigenvalue weighted by Crippen LogP contribution is 2.25. The topological polar surface area (TPSA) is 66.5 Å². The summed E-state index contributed by atoms with van der Waals surface area (Å²) in [6.07, 6.45) is 8.83. The summed E-state index contributed by atoms with van der Waals surface area (Å²) in [6, 6.07) is 7.06. The number of nitrogens with one attached hydrogen (secondary N) is 1. The van der Waals surface area contributed by atoms with Crippen LogP contribution in [-0.2, 0) is 14.8 Å². The number of carbonyl (C=O) groups is 1. The molecule has 0 spiro atoms. The lowest BCUT2D eigenvalue weighted by atomic mass is 9.90. The van der Waals surface area contributed by atoms with Crippen molar-refractivity contribution in [2.45, 2.75) is 78.0 Å². The predicted octanol–water partition coefficient (Wildman–Crippen LogP) is 4.75. The standard InChI is InChI=1S/C21H32N2O3S.2CH4/c1-17-8-7-11-20(14-17)27(25,26)23-13-12-18(16-23)15-22-21(24)19-9-5-3-2-4-6-10-19;;/h7-8,11,14,18-19H,2-6,9-10,12-13,15-16H2,1H3,(H,22,24);2*1H4. The molecule has 1 unspecified atom stereocenters. The highest BCUT2D eigenvalue weighted by atomic mass is 32.2. The number of hydrogen-bond acceptors (Lipinski definition) is 3. The minimum absolute atomic E-state index is 0. The van der Waals surface area contributed by atoms with Crippen molar-refractivity contribution < 1.29 is 13.2 Å². The maximum Gasteiger partial charge on any atom is 0.243 e. The third-order valence-corrected chi connectivity index (χ3v) is 7.78. The number of benzene rings is 1. The number of carbonyl (C=O) groups excluding carboxylic acids is 1. The molecule has 1 saturated heterocycles. The van der Waals surface area contributed by atoms with Crippen LogP contribution in [0.2, 0.25) is 0 Å². The molecule has 166 valence electrons. The first-order chi connectivity index (χ1) is 13.0. The molecule has 0 radical (unpaired) electrons. The normalized spacial score (nSPS) is 21.3. The van der Waals surface area contributed by atoms with E-state index < -0.39 is 10.0 Å². The summed E-state index contributed by atoms with van der Waals surface area (Å²) in [5.74, 6) is 0.498. The summed E-state index contributed by atoms with van der Waals surface area (Å²) in [7, 11) is -3.44. The Balaban J connectivity index is 0.00000210. The van der Waals surface area contributed by atoms with E-state index in [0.717, 1.165) is 37.7 Å². The molecule has 3 rings (SSSR count). The van der Waals surface area contributed by atoms with Gasteiger partial charge >= 0.3 is 0 Å². The van der Waals surface area contributed by atoms with Gasteiger partial charge in [-0.25, -0.2) is 8.42 Å². The number of sulfonamides is 1. The van der Waals surface area contributed by atoms with Gasteiger partial charge in [0, 0.05) is 25.6 Å². The molecular weight excluding hydrogens is 384 g/mol. The number of amides is 1. The fourth-order valence-corrected chi connectivity index (χ4v) is 5.85. The Hall–Kier alpha value is -1.40. The molecule has 1 aromatic carbocycles. The van der Waals surface area contributed by atoms with E-state index in [1.165, 1.54) is 19.3 Å². The Morgan fingerprint density at radius 3 is 2.38 bits per heavy atom. The molecule has 5 nitrogen and oxygen atoms in total. The average molecular weight is 425 g/mol. The number of aryl methyl sites for hydroxylation is 1. The van der Waals surface area contributed by atoms with Gasteiger partial charge in [-0.3, -0.25) is 4.79 Å². The molecule has 0 bridgehead atoms. The summed E-state index contributed by atoms with van der Waals surface area (Å²) in [5.41, 5.74) is 0.943. The van der Waals surface area contributed by atoms with Crippen molar-refractivity contribution in [3.63, 3.8) is 0 Å². The van der Waals surface area contributed by atoms with Crippen LogP contribution < -0.4 is 5.32 Å². The first-order valence-corrected chi connectivity index (χ1v) is 11.8. The minimum atomic E-state index is -3.44. The van der Waals surface area contributed by atoms with Gasteiger partial charge < -0.3 is 5.32 Å². The van der Waals surface area contributed by atoms with Gasteiger partial charge in [-0.05, 0) is 49.8 Å². The summed E-state index contributed by atoms with van der Waals surface area (Å²) < 4.78 is 27.2. The Morgan fingerprint density at radius 2 is 1.72 bits per heavy atom. The molecule has 1 heterocycles. The molecule has 2 aliphatic rings. The van der Waals surface area contributed by atoms with Gasteiger partial charge in [-0.2, -0.15) is 4.31 Å². The van der Waals surface area contributed by atoms with Gasteiger partial charge in [0.2, 0.25) is 15.9 Å². The zero-order chi connectivity index (χ0) is 19.3. The molecule has 29 heavy (non-hydrogen) atoms. The highest BCUT2D eigenvalue weighted by Gasteiger charge is 2.33.